The lowest BCUT2D eigenvalue weighted by Gasteiger charge is -2.57. The normalized spacial score (nSPS) is 30.5. The van der Waals surface area contributed by atoms with Crippen LogP contribution in [0, 0.1) is 5.41 Å². The molecule has 0 radical (unpaired) electrons. The van der Waals surface area contributed by atoms with Gasteiger partial charge in [-0.25, -0.2) is 0 Å². The summed E-state index contributed by atoms with van der Waals surface area (Å²) in [4.78, 5) is 14.4. The molecule has 2 saturated carbocycles. The molecule has 2 aliphatic carbocycles. The van der Waals surface area contributed by atoms with Gasteiger partial charge in [-0.1, -0.05) is 39.2 Å². The molecule has 0 saturated heterocycles. The number of nitrogens with one attached hydrogen (secondary N) is 1. The van der Waals surface area contributed by atoms with Gasteiger partial charge in [-0.05, 0) is 31.2 Å². The predicted molar refractivity (Wildman–Crippen MR) is 103 cm³/mol. The van der Waals surface area contributed by atoms with Crippen molar-refractivity contribution in [2.24, 2.45) is 11.1 Å². The molecule has 1 aromatic rings. The van der Waals surface area contributed by atoms with Gasteiger partial charge < -0.3 is 15.8 Å². The second-order valence-corrected chi connectivity index (χ2v) is 9.29. The number of thiophene rings is 1. The van der Waals surface area contributed by atoms with E-state index < -0.39 is 5.54 Å². The van der Waals surface area contributed by atoms with Crippen molar-refractivity contribution in [1.29, 1.82) is 0 Å². The minimum Gasteiger partial charge on any atom is -0.378 e. The van der Waals surface area contributed by atoms with Crippen molar-refractivity contribution in [2.75, 3.05) is 13.2 Å². The van der Waals surface area contributed by atoms with Crippen molar-refractivity contribution in [2.45, 2.75) is 76.4 Å². The number of hydrogen-bond donors (Lipinski definition) is 2. The molecule has 25 heavy (non-hydrogen) atoms. The maximum absolute atomic E-state index is 13.0. The van der Waals surface area contributed by atoms with E-state index in [1.807, 2.05) is 32.1 Å². The standard InChI is InChI=1S/C20H32N2O2S/c1-4-24-15-13-20(21,18(15,2)3)17(23)22-14-19(10-6-5-7-11-19)16-9-8-12-25-16/h8-9,12,15H,4-7,10-11,13-14,21H2,1-3H3,(H,22,23). The third-order valence-corrected chi connectivity index (χ3v) is 7.79. The molecule has 2 atom stereocenters. The van der Waals surface area contributed by atoms with Crippen LogP contribution in [-0.2, 0) is 14.9 Å². The predicted octanol–water partition coefficient (Wildman–Crippen LogP) is 3.60. The first-order valence-electron chi connectivity index (χ1n) is 9.58. The van der Waals surface area contributed by atoms with Gasteiger partial charge in [-0.2, -0.15) is 0 Å². The molecule has 5 heteroatoms. The van der Waals surface area contributed by atoms with Crippen molar-refractivity contribution in [1.82, 2.24) is 5.32 Å². The smallest absolute Gasteiger partial charge is 0.240 e. The fraction of sp³-hybridized carbons (Fsp3) is 0.750. The number of carbonyl (C=O) groups excluding carboxylic acids is 1. The number of carbonyl (C=O) groups is 1. The van der Waals surface area contributed by atoms with Crippen LogP contribution in [0.3, 0.4) is 0 Å². The molecule has 1 heterocycles. The van der Waals surface area contributed by atoms with E-state index in [-0.39, 0.29) is 22.8 Å². The van der Waals surface area contributed by atoms with Crippen LogP contribution in [0.5, 0.6) is 0 Å². The zero-order valence-corrected chi connectivity index (χ0v) is 16.6. The molecule has 2 unspecified atom stereocenters. The minimum absolute atomic E-state index is 0.0186. The first-order chi connectivity index (χ1) is 11.9. The highest BCUT2D eigenvalue weighted by Crippen LogP contribution is 2.50. The molecule has 2 fully saturated rings. The fourth-order valence-electron chi connectivity index (χ4n) is 4.55. The Morgan fingerprint density at radius 3 is 2.64 bits per heavy atom. The van der Waals surface area contributed by atoms with Crippen LogP contribution in [0.15, 0.2) is 17.5 Å². The molecule has 1 amide bonds. The van der Waals surface area contributed by atoms with Crippen LogP contribution in [-0.4, -0.2) is 30.7 Å². The number of amides is 1. The van der Waals surface area contributed by atoms with Gasteiger partial charge in [0.1, 0.15) is 5.54 Å². The zero-order valence-electron chi connectivity index (χ0n) is 15.8. The van der Waals surface area contributed by atoms with E-state index in [0.717, 1.165) is 12.8 Å². The van der Waals surface area contributed by atoms with Gasteiger partial charge in [0.05, 0.1) is 6.10 Å². The number of nitrogens with two attached hydrogens (primary N) is 1. The largest absolute Gasteiger partial charge is 0.378 e. The van der Waals surface area contributed by atoms with E-state index in [1.54, 1.807) is 0 Å². The van der Waals surface area contributed by atoms with E-state index in [2.05, 4.69) is 22.8 Å². The van der Waals surface area contributed by atoms with Crippen molar-refractivity contribution in [3.63, 3.8) is 0 Å². The average Bonchev–Trinajstić information content (AvgIpc) is 3.15. The van der Waals surface area contributed by atoms with E-state index in [0.29, 0.717) is 19.6 Å². The van der Waals surface area contributed by atoms with Gasteiger partial charge in [0.2, 0.25) is 5.91 Å². The highest BCUT2D eigenvalue weighted by molar-refractivity contribution is 7.10. The maximum Gasteiger partial charge on any atom is 0.240 e. The van der Waals surface area contributed by atoms with Crippen LogP contribution in [0.25, 0.3) is 0 Å². The highest BCUT2D eigenvalue weighted by Gasteiger charge is 2.63. The molecule has 3 rings (SSSR count). The molecular formula is C20H32N2O2S. The van der Waals surface area contributed by atoms with Crippen molar-refractivity contribution < 1.29 is 9.53 Å². The molecule has 0 aromatic carbocycles. The second kappa shape index (κ2) is 7.01. The van der Waals surface area contributed by atoms with E-state index in [1.165, 1.54) is 24.1 Å². The molecule has 0 spiro atoms. The van der Waals surface area contributed by atoms with Gasteiger partial charge in [-0.3, -0.25) is 4.79 Å². The summed E-state index contributed by atoms with van der Waals surface area (Å²) in [5, 5.41) is 5.37. The maximum atomic E-state index is 13.0. The molecule has 1 aromatic heterocycles. The minimum atomic E-state index is -0.835. The van der Waals surface area contributed by atoms with Crippen LogP contribution >= 0.6 is 11.3 Å². The first-order valence-corrected chi connectivity index (χ1v) is 10.5. The molecule has 140 valence electrons. The third-order valence-electron chi connectivity index (χ3n) is 6.68. The van der Waals surface area contributed by atoms with Crippen LogP contribution in [0.4, 0.5) is 0 Å². The SMILES string of the molecule is CCOC1CC(N)(C(=O)NCC2(c3cccs3)CCCCC2)C1(C)C. The van der Waals surface area contributed by atoms with Crippen molar-refractivity contribution >= 4 is 17.2 Å². The van der Waals surface area contributed by atoms with E-state index in [4.69, 9.17) is 10.5 Å². The lowest BCUT2D eigenvalue weighted by Crippen LogP contribution is -2.76. The lowest BCUT2D eigenvalue weighted by molar-refractivity contribution is -0.170. The van der Waals surface area contributed by atoms with Crippen LogP contribution in [0.1, 0.15) is 64.2 Å². The number of hydrogen-bond acceptors (Lipinski definition) is 4. The van der Waals surface area contributed by atoms with Gasteiger partial charge in [0.25, 0.3) is 0 Å². The van der Waals surface area contributed by atoms with Crippen LogP contribution in [0.2, 0.25) is 0 Å². The quantitative estimate of drug-likeness (QED) is 0.810. The number of rotatable bonds is 6. The Morgan fingerprint density at radius 1 is 1.36 bits per heavy atom. The summed E-state index contributed by atoms with van der Waals surface area (Å²) in [6.45, 7) is 7.44. The monoisotopic (exact) mass is 364 g/mol. The Labute approximate surface area is 155 Å². The fourth-order valence-corrected chi connectivity index (χ4v) is 5.53. The number of ether oxygens (including phenoxy) is 1. The zero-order chi connectivity index (χ0) is 18.1. The molecule has 2 aliphatic rings. The summed E-state index contributed by atoms with van der Waals surface area (Å²) in [6.07, 6.45) is 6.73. The van der Waals surface area contributed by atoms with Crippen LogP contribution < -0.4 is 11.1 Å². The summed E-state index contributed by atoms with van der Waals surface area (Å²) in [5.41, 5.74) is 5.45. The summed E-state index contributed by atoms with van der Waals surface area (Å²) in [5.74, 6) is -0.0186. The summed E-state index contributed by atoms with van der Waals surface area (Å²) < 4.78 is 5.75. The molecular weight excluding hydrogens is 332 g/mol. The Bertz CT molecular complexity index is 593. The Balaban J connectivity index is 1.69. The molecule has 0 aliphatic heterocycles. The average molecular weight is 365 g/mol. The van der Waals surface area contributed by atoms with E-state index in [9.17, 15) is 4.79 Å². The lowest BCUT2D eigenvalue weighted by atomic mass is 9.54. The molecule has 0 bridgehead atoms. The highest BCUT2D eigenvalue weighted by atomic mass is 32.1. The van der Waals surface area contributed by atoms with Gasteiger partial charge in [-0.15, -0.1) is 11.3 Å². The van der Waals surface area contributed by atoms with Gasteiger partial charge in [0, 0.05) is 35.3 Å². The summed E-state index contributed by atoms with van der Waals surface area (Å²) >= 11 is 1.81. The van der Waals surface area contributed by atoms with Gasteiger partial charge in [0.15, 0.2) is 0 Å². The second-order valence-electron chi connectivity index (χ2n) is 8.34. The van der Waals surface area contributed by atoms with E-state index >= 15 is 0 Å². The Kier molecular flexibility index (Phi) is 5.29. The Hall–Kier alpha value is -0.910. The van der Waals surface area contributed by atoms with Gasteiger partial charge >= 0.3 is 0 Å². The van der Waals surface area contributed by atoms with Crippen molar-refractivity contribution in [3.05, 3.63) is 22.4 Å². The molecule has 3 N–H and O–H groups in total. The van der Waals surface area contributed by atoms with Crippen molar-refractivity contribution in [3.8, 4) is 0 Å². The summed E-state index contributed by atoms with van der Waals surface area (Å²) in [7, 11) is 0. The topological polar surface area (TPSA) is 64.3 Å². The first kappa shape index (κ1) is 18.9. The summed E-state index contributed by atoms with van der Waals surface area (Å²) in [6, 6.07) is 4.34. The molecule has 4 nitrogen and oxygen atoms in total. The Morgan fingerprint density at radius 2 is 2.08 bits per heavy atom. The third kappa shape index (κ3) is 3.15.